The molecule has 0 atom stereocenters. The van der Waals surface area contributed by atoms with Crippen LogP contribution < -0.4 is 4.74 Å². The summed E-state index contributed by atoms with van der Waals surface area (Å²) in [4.78, 5) is 32.1. The molecule has 0 radical (unpaired) electrons. The third-order valence-electron chi connectivity index (χ3n) is 6.44. The zero-order valence-corrected chi connectivity index (χ0v) is 18.7. The standard InChI is InChI=1S/C24H23ClN4O3/c1-15-11-21-17(12-19(15)25)20(30)13-24(32-21)6-9-28(10-7-24)23(31)18-14-27-29(16(18)2)22-5-3-4-8-26-22/h3-5,8,11-12,14H,6-7,9-10,13H2,1-2H3. The topological polar surface area (TPSA) is 77.3 Å². The minimum absolute atomic E-state index is 0.0420. The number of ketones is 1. The van der Waals surface area contributed by atoms with Crippen molar-refractivity contribution < 1.29 is 14.3 Å². The van der Waals surface area contributed by atoms with Gasteiger partial charge in [-0.05, 0) is 43.7 Å². The minimum Gasteiger partial charge on any atom is -0.486 e. The lowest BCUT2D eigenvalue weighted by Gasteiger charge is -2.44. The van der Waals surface area contributed by atoms with Gasteiger partial charge in [-0.25, -0.2) is 9.67 Å². The average molecular weight is 451 g/mol. The number of hydrogen-bond acceptors (Lipinski definition) is 5. The van der Waals surface area contributed by atoms with E-state index < -0.39 is 5.60 Å². The second kappa shape index (κ2) is 7.74. The number of nitrogens with zero attached hydrogens (tertiary/aromatic N) is 4. The van der Waals surface area contributed by atoms with E-state index in [0.29, 0.717) is 60.1 Å². The average Bonchev–Trinajstić information content (AvgIpc) is 3.17. The van der Waals surface area contributed by atoms with Crippen molar-refractivity contribution in [2.75, 3.05) is 13.1 Å². The lowest BCUT2D eigenvalue weighted by Crippen LogP contribution is -2.52. The number of fused-ring (bicyclic) bond motifs is 1. The number of aryl methyl sites for hydroxylation is 1. The number of ether oxygens (including phenoxy) is 1. The van der Waals surface area contributed by atoms with Crippen molar-refractivity contribution in [3.8, 4) is 11.6 Å². The number of piperidine rings is 1. The van der Waals surface area contributed by atoms with Crippen molar-refractivity contribution >= 4 is 23.3 Å². The first-order chi connectivity index (χ1) is 15.4. The number of rotatable bonds is 2. The number of Topliss-reactive ketones (excluding diaryl/α,β-unsaturated/α-hetero) is 1. The highest BCUT2D eigenvalue weighted by atomic mass is 35.5. The summed E-state index contributed by atoms with van der Waals surface area (Å²) in [6, 6.07) is 9.10. The van der Waals surface area contributed by atoms with Crippen LogP contribution in [0.25, 0.3) is 5.82 Å². The lowest BCUT2D eigenvalue weighted by atomic mass is 9.82. The smallest absolute Gasteiger partial charge is 0.257 e. The van der Waals surface area contributed by atoms with Gasteiger partial charge in [0.15, 0.2) is 11.6 Å². The van der Waals surface area contributed by atoms with Crippen LogP contribution in [0.2, 0.25) is 5.02 Å². The molecule has 2 aliphatic rings. The molecule has 164 valence electrons. The minimum atomic E-state index is -0.575. The SMILES string of the molecule is Cc1cc2c(cc1Cl)C(=O)CC1(CCN(C(=O)c3cnn(-c4ccccn4)c3C)CC1)O2. The van der Waals surface area contributed by atoms with Crippen molar-refractivity contribution in [2.45, 2.75) is 38.7 Å². The Morgan fingerprint density at radius 2 is 1.97 bits per heavy atom. The molecule has 0 aliphatic carbocycles. The van der Waals surface area contributed by atoms with Gasteiger partial charge in [-0.15, -0.1) is 0 Å². The first-order valence-corrected chi connectivity index (χ1v) is 11.0. The van der Waals surface area contributed by atoms with E-state index in [2.05, 4.69) is 10.1 Å². The van der Waals surface area contributed by atoms with Crippen LogP contribution in [0, 0.1) is 13.8 Å². The van der Waals surface area contributed by atoms with E-state index in [1.807, 2.05) is 43.0 Å². The van der Waals surface area contributed by atoms with Crippen LogP contribution in [0.3, 0.4) is 0 Å². The Balaban J connectivity index is 1.32. The Hall–Kier alpha value is -3.19. The molecule has 0 bridgehead atoms. The maximum absolute atomic E-state index is 13.2. The van der Waals surface area contributed by atoms with Crippen molar-refractivity contribution in [3.63, 3.8) is 0 Å². The molecule has 0 N–H and O–H groups in total. The number of halogens is 1. The second-order valence-electron chi connectivity index (χ2n) is 8.52. The number of aromatic nitrogens is 3. The van der Waals surface area contributed by atoms with Gasteiger partial charge in [-0.2, -0.15) is 5.10 Å². The van der Waals surface area contributed by atoms with Gasteiger partial charge in [0.2, 0.25) is 0 Å². The predicted molar refractivity (Wildman–Crippen MR) is 120 cm³/mol. The lowest BCUT2D eigenvalue weighted by molar-refractivity contribution is -0.00574. The van der Waals surface area contributed by atoms with E-state index >= 15 is 0 Å². The van der Waals surface area contributed by atoms with Gasteiger partial charge in [0.1, 0.15) is 11.4 Å². The number of benzene rings is 1. The number of carbonyl (C=O) groups excluding carboxylic acids is 2. The van der Waals surface area contributed by atoms with Gasteiger partial charge in [0.05, 0.1) is 29.4 Å². The van der Waals surface area contributed by atoms with Gasteiger partial charge in [0, 0.05) is 37.2 Å². The number of pyridine rings is 1. The molecular weight excluding hydrogens is 428 g/mol. The fourth-order valence-electron chi connectivity index (χ4n) is 4.51. The Morgan fingerprint density at radius 1 is 1.19 bits per heavy atom. The second-order valence-corrected chi connectivity index (χ2v) is 8.93. The fourth-order valence-corrected chi connectivity index (χ4v) is 4.67. The van der Waals surface area contributed by atoms with Gasteiger partial charge in [0.25, 0.3) is 5.91 Å². The molecule has 1 amide bonds. The molecular formula is C24H23ClN4O3. The van der Waals surface area contributed by atoms with Crippen molar-refractivity contribution in [1.82, 2.24) is 19.7 Å². The summed E-state index contributed by atoms with van der Waals surface area (Å²) in [5, 5.41) is 4.93. The van der Waals surface area contributed by atoms with Crippen LogP contribution in [0.1, 0.15) is 51.2 Å². The number of carbonyl (C=O) groups is 2. The molecule has 3 aromatic rings. The van der Waals surface area contributed by atoms with Gasteiger partial charge < -0.3 is 9.64 Å². The fraction of sp³-hybridized carbons (Fsp3) is 0.333. The van der Waals surface area contributed by atoms with Crippen LogP contribution >= 0.6 is 11.6 Å². The number of amides is 1. The summed E-state index contributed by atoms with van der Waals surface area (Å²) in [6.45, 7) is 4.80. The van der Waals surface area contributed by atoms with Crippen LogP contribution in [0.15, 0.2) is 42.7 Å². The van der Waals surface area contributed by atoms with Gasteiger partial charge >= 0.3 is 0 Å². The zero-order chi connectivity index (χ0) is 22.5. The van der Waals surface area contributed by atoms with E-state index in [1.165, 1.54) is 0 Å². The maximum atomic E-state index is 13.2. The quantitative estimate of drug-likeness (QED) is 0.585. The molecule has 0 unspecified atom stereocenters. The van der Waals surface area contributed by atoms with Crippen LogP contribution in [-0.4, -0.2) is 50.0 Å². The summed E-state index contributed by atoms with van der Waals surface area (Å²) < 4.78 is 8.02. The monoisotopic (exact) mass is 450 g/mol. The van der Waals surface area contributed by atoms with Crippen molar-refractivity contribution in [3.05, 3.63) is 70.1 Å². The van der Waals surface area contributed by atoms with E-state index in [1.54, 1.807) is 23.1 Å². The molecule has 5 rings (SSSR count). The van der Waals surface area contributed by atoms with E-state index in [-0.39, 0.29) is 11.7 Å². The van der Waals surface area contributed by atoms with Crippen LogP contribution in [0.4, 0.5) is 0 Å². The van der Waals surface area contributed by atoms with Crippen molar-refractivity contribution in [2.24, 2.45) is 0 Å². The Kier molecular flexibility index (Phi) is 5.01. The molecule has 7 nitrogen and oxygen atoms in total. The molecule has 1 spiro atoms. The maximum Gasteiger partial charge on any atom is 0.257 e. The Morgan fingerprint density at radius 3 is 2.69 bits per heavy atom. The predicted octanol–water partition coefficient (Wildman–Crippen LogP) is 4.18. The Bertz CT molecular complexity index is 1210. The van der Waals surface area contributed by atoms with Crippen molar-refractivity contribution in [1.29, 1.82) is 0 Å². The summed E-state index contributed by atoms with van der Waals surface area (Å²) >= 11 is 6.19. The molecule has 2 aromatic heterocycles. The molecule has 8 heteroatoms. The van der Waals surface area contributed by atoms with Crippen LogP contribution in [-0.2, 0) is 0 Å². The highest BCUT2D eigenvalue weighted by molar-refractivity contribution is 6.31. The summed E-state index contributed by atoms with van der Waals surface area (Å²) in [6.07, 6.45) is 4.79. The largest absolute Gasteiger partial charge is 0.486 e. The molecule has 2 aliphatic heterocycles. The van der Waals surface area contributed by atoms with E-state index in [0.717, 1.165) is 11.3 Å². The summed E-state index contributed by atoms with van der Waals surface area (Å²) in [5.41, 5.74) is 2.15. The molecule has 4 heterocycles. The molecule has 0 saturated carbocycles. The zero-order valence-electron chi connectivity index (χ0n) is 18.0. The highest BCUT2D eigenvalue weighted by Crippen LogP contribution is 2.41. The number of likely N-dealkylation sites (tertiary alicyclic amines) is 1. The Labute approximate surface area is 191 Å². The molecule has 1 saturated heterocycles. The summed E-state index contributed by atoms with van der Waals surface area (Å²) in [7, 11) is 0. The normalized spacial score (nSPS) is 17.2. The molecule has 32 heavy (non-hydrogen) atoms. The third kappa shape index (κ3) is 3.46. The number of hydrogen-bond donors (Lipinski definition) is 0. The van der Waals surface area contributed by atoms with E-state index in [9.17, 15) is 9.59 Å². The summed E-state index contributed by atoms with van der Waals surface area (Å²) in [5.74, 6) is 1.24. The molecule has 1 fully saturated rings. The first-order valence-electron chi connectivity index (χ1n) is 10.6. The highest BCUT2D eigenvalue weighted by Gasteiger charge is 2.44. The van der Waals surface area contributed by atoms with Gasteiger partial charge in [-0.3, -0.25) is 9.59 Å². The molecule has 1 aromatic carbocycles. The van der Waals surface area contributed by atoms with E-state index in [4.69, 9.17) is 16.3 Å². The van der Waals surface area contributed by atoms with Gasteiger partial charge in [-0.1, -0.05) is 17.7 Å². The first kappa shape index (κ1) is 20.7. The van der Waals surface area contributed by atoms with Crippen LogP contribution in [0.5, 0.6) is 5.75 Å². The third-order valence-corrected chi connectivity index (χ3v) is 6.85.